The van der Waals surface area contributed by atoms with Crippen molar-refractivity contribution in [1.82, 2.24) is 15.5 Å². The monoisotopic (exact) mass is 526 g/mol. The Kier molecular flexibility index (Phi) is 10.1. The second-order valence-electron chi connectivity index (χ2n) is 9.93. The third kappa shape index (κ3) is 7.56. The molecule has 0 spiro atoms. The molecule has 1 fully saturated rings. The molecule has 0 bridgehead atoms. The fourth-order valence-electron chi connectivity index (χ4n) is 4.49. The van der Waals surface area contributed by atoms with Gasteiger partial charge < -0.3 is 26.4 Å². The van der Waals surface area contributed by atoms with Gasteiger partial charge in [-0.15, -0.1) is 11.8 Å². The lowest BCUT2D eigenvalue weighted by atomic mass is 9.97. The van der Waals surface area contributed by atoms with Gasteiger partial charge in [-0.1, -0.05) is 54.6 Å². The molecule has 3 rings (SSSR count). The Hall–Kier alpha value is -2.88. The standard InChI is InChI=1S/C28H38N4O4S/c1-19-10-7-8-13-21(19)17-30-26(35)25-28(2,3)37-18-32(25)27(36)24(34)22(31-23(33)14-9-15-29)16-20-11-5-4-6-12-20/h4-8,10-13,22,24-25,34H,9,14-18,29H2,1-3H3,(H,30,35)(H,31,33). The molecule has 0 aromatic heterocycles. The number of aliphatic hydroxyl groups excluding tert-OH is 1. The topological polar surface area (TPSA) is 125 Å². The van der Waals surface area contributed by atoms with Crippen LogP contribution in [0.25, 0.3) is 0 Å². The van der Waals surface area contributed by atoms with Crippen LogP contribution in [-0.2, 0) is 27.3 Å². The fourth-order valence-corrected chi connectivity index (χ4v) is 5.63. The second-order valence-corrected chi connectivity index (χ2v) is 11.5. The van der Waals surface area contributed by atoms with Crippen LogP contribution in [0.3, 0.4) is 0 Å². The van der Waals surface area contributed by atoms with Crippen molar-refractivity contribution in [3.8, 4) is 0 Å². The Morgan fingerprint density at radius 1 is 1.14 bits per heavy atom. The number of aliphatic hydroxyl groups is 1. The number of nitrogens with zero attached hydrogens (tertiary/aromatic N) is 1. The average molecular weight is 527 g/mol. The van der Waals surface area contributed by atoms with Crippen LogP contribution in [0.5, 0.6) is 0 Å². The maximum Gasteiger partial charge on any atom is 0.254 e. The highest BCUT2D eigenvalue weighted by Gasteiger charge is 2.49. The Bertz CT molecular complexity index is 1080. The Morgan fingerprint density at radius 3 is 2.49 bits per heavy atom. The van der Waals surface area contributed by atoms with Gasteiger partial charge in [-0.3, -0.25) is 14.4 Å². The molecule has 3 unspecified atom stereocenters. The normalized spacial score (nSPS) is 18.2. The number of hydrogen-bond acceptors (Lipinski definition) is 6. The van der Waals surface area contributed by atoms with E-state index in [0.29, 0.717) is 19.5 Å². The molecule has 0 aliphatic carbocycles. The SMILES string of the molecule is Cc1ccccc1CNC(=O)C1N(C(=O)C(O)C(Cc2ccccc2)NC(=O)CCCN)CSC1(C)C. The van der Waals surface area contributed by atoms with E-state index in [9.17, 15) is 19.5 Å². The van der Waals surface area contributed by atoms with Crippen LogP contribution in [-0.4, -0.2) is 63.1 Å². The van der Waals surface area contributed by atoms with E-state index in [2.05, 4.69) is 10.6 Å². The number of benzene rings is 2. The summed E-state index contributed by atoms with van der Waals surface area (Å²) in [5.74, 6) is -0.855. The summed E-state index contributed by atoms with van der Waals surface area (Å²) in [5, 5.41) is 17.0. The van der Waals surface area contributed by atoms with Crippen molar-refractivity contribution in [3.63, 3.8) is 0 Å². The number of amides is 3. The number of carbonyl (C=O) groups excluding carboxylic acids is 3. The molecular formula is C28H38N4O4S. The van der Waals surface area contributed by atoms with Gasteiger partial charge in [-0.25, -0.2) is 0 Å². The van der Waals surface area contributed by atoms with Crippen LogP contribution in [0.4, 0.5) is 0 Å². The molecule has 9 heteroatoms. The van der Waals surface area contributed by atoms with Crippen LogP contribution in [0.2, 0.25) is 0 Å². The number of carbonyl (C=O) groups is 3. The second kappa shape index (κ2) is 13.1. The lowest BCUT2D eigenvalue weighted by Gasteiger charge is -2.33. The van der Waals surface area contributed by atoms with E-state index < -0.39 is 28.8 Å². The first-order valence-corrected chi connectivity index (χ1v) is 13.6. The number of nitrogens with two attached hydrogens (primary N) is 1. The quantitative estimate of drug-likeness (QED) is 0.356. The first-order valence-electron chi connectivity index (χ1n) is 12.6. The third-order valence-corrected chi connectivity index (χ3v) is 8.05. The third-order valence-electron chi connectivity index (χ3n) is 6.68. The van der Waals surface area contributed by atoms with E-state index in [1.165, 1.54) is 16.7 Å². The number of rotatable bonds is 11. The predicted molar refractivity (Wildman–Crippen MR) is 147 cm³/mol. The Balaban J connectivity index is 1.77. The summed E-state index contributed by atoms with van der Waals surface area (Å²) in [6.07, 6.45) is -0.521. The van der Waals surface area contributed by atoms with Crippen molar-refractivity contribution >= 4 is 29.5 Å². The highest BCUT2D eigenvalue weighted by atomic mass is 32.2. The molecule has 2 aromatic rings. The largest absolute Gasteiger partial charge is 0.381 e. The molecule has 2 aromatic carbocycles. The minimum Gasteiger partial charge on any atom is -0.381 e. The molecule has 8 nitrogen and oxygen atoms in total. The van der Waals surface area contributed by atoms with Crippen molar-refractivity contribution in [2.75, 3.05) is 12.4 Å². The minimum absolute atomic E-state index is 0.208. The average Bonchev–Trinajstić information content (AvgIpc) is 3.21. The molecule has 0 radical (unpaired) electrons. The maximum absolute atomic E-state index is 13.6. The van der Waals surface area contributed by atoms with Gasteiger partial charge in [0.25, 0.3) is 5.91 Å². The Morgan fingerprint density at radius 2 is 1.81 bits per heavy atom. The van der Waals surface area contributed by atoms with Crippen LogP contribution in [0, 0.1) is 6.92 Å². The zero-order chi connectivity index (χ0) is 27.0. The number of hydrogen-bond donors (Lipinski definition) is 4. The smallest absolute Gasteiger partial charge is 0.254 e. The van der Waals surface area contributed by atoms with Crippen LogP contribution < -0.4 is 16.4 Å². The van der Waals surface area contributed by atoms with Gasteiger partial charge in [0, 0.05) is 17.7 Å². The van der Waals surface area contributed by atoms with Crippen LogP contribution in [0.1, 0.15) is 43.4 Å². The predicted octanol–water partition coefficient (Wildman–Crippen LogP) is 2.12. The van der Waals surface area contributed by atoms with E-state index in [1.54, 1.807) is 0 Å². The highest BCUT2D eigenvalue weighted by molar-refractivity contribution is 8.00. The Labute approximate surface area is 223 Å². The van der Waals surface area contributed by atoms with E-state index >= 15 is 0 Å². The molecule has 1 heterocycles. The highest BCUT2D eigenvalue weighted by Crippen LogP contribution is 2.40. The van der Waals surface area contributed by atoms with Crippen LogP contribution in [0.15, 0.2) is 54.6 Å². The maximum atomic E-state index is 13.6. The van der Waals surface area contributed by atoms with E-state index in [1.807, 2.05) is 75.4 Å². The lowest BCUT2D eigenvalue weighted by molar-refractivity contribution is -0.147. The van der Waals surface area contributed by atoms with Crippen molar-refractivity contribution in [2.24, 2.45) is 5.73 Å². The first-order chi connectivity index (χ1) is 17.6. The molecule has 5 N–H and O–H groups in total. The molecule has 3 atom stereocenters. The molecule has 0 saturated carbocycles. The fraction of sp³-hybridized carbons (Fsp3) is 0.464. The van der Waals surface area contributed by atoms with Gasteiger partial charge in [-0.2, -0.15) is 0 Å². The minimum atomic E-state index is -1.51. The summed E-state index contributed by atoms with van der Waals surface area (Å²) in [4.78, 5) is 40.9. The van der Waals surface area contributed by atoms with Gasteiger partial charge in [0.2, 0.25) is 11.8 Å². The number of nitrogens with one attached hydrogen (secondary N) is 2. The summed E-state index contributed by atoms with van der Waals surface area (Å²) in [6.45, 7) is 6.55. The number of aryl methyl sites for hydroxylation is 1. The first kappa shape index (κ1) is 28.7. The van der Waals surface area contributed by atoms with Crippen molar-refractivity contribution in [1.29, 1.82) is 0 Å². The molecule has 3 amide bonds. The van der Waals surface area contributed by atoms with Crippen molar-refractivity contribution in [3.05, 3.63) is 71.3 Å². The summed E-state index contributed by atoms with van der Waals surface area (Å²) in [7, 11) is 0. The number of thioether (sulfide) groups is 1. The van der Waals surface area contributed by atoms with E-state index in [-0.39, 0.29) is 30.5 Å². The summed E-state index contributed by atoms with van der Waals surface area (Å²) >= 11 is 1.49. The zero-order valence-corrected chi connectivity index (χ0v) is 22.6. The van der Waals surface area contributed by atoms with Gasteiger partial charge in [0.1, 0.15) is 6.04 Å². The van der Waals surface area contributed by atoms with E-state index in [0.717, 1.165) is 16.7 Å². The summed E-state index contributed by atoms with van der Waals surface area (Å²) in [5.41, 5.74) is 8.48. The van der Waals surface area contributed by atoms with E-state index in [4.69, 9.17) is 5.73 Å². The molecular weight excluding hydrogens is 488 g/mol. The van der Waals surface area contributed by atoms with Crippen molar-refractivity contribution < 1.29 is 19.5 Å². The van der Waals surface area contributed by atoms with Gasteiger partial charge >= 0.3 is 0 Å². The molecule has 1 saturated heterocycles. The molecule has 37 heavy (non-hydrogen) atoms. The summed E-state index contributed by atoms with van der Waals surface area (Å²) < 4.78 is -0.551. The lowest BCUT2D eigenvalue weighted by Crippen LogP contribution is -2.58. The molecule has 200 valence electrons. The van der Waals surface area contributed by atoms with Crippen LogP contribution >= 0.6 is 11.8 Å². The van der Waals surface area contributed by atoms with Gasteiger partial charge in [-0.05, 0) is 56.8 Å². The molecule has 1 aliphatic rings. The zero-order valence-electron chi connectivity index (χ0n) is 21.8. The van der Waals surface area contributed by atoms with Crippen molar-refractivity contribution in [2.45, 2.75) is 69.5 Å². The van der Waals surface area contributed by atoms with Gasteiger partial charge in [0.05, 0.1) is 11.9 Å². The molecule has 1 aliphatic heterocycles. The van der Waals surface area contributed by atoms with Gasteiger partial charge in [0.15, 0.2) is 6.10 Å². The summed E-state index contributed by atoms with van der Waals surface area (Å²) in [6, 6.07) is 15.6.